The number of rotatable bonds is 3. The fourth-order valence-electron chi connectivity index (χ4n) is 3.44. The van der Waals surface area contributed by atoms with Gasteiger partial charge in [-0.05, 0) is 38.1 Å². The van der Waals surface area contributed by atoms with Gasteiger partial charge in [0.1, 0.15) is 0 Å². The lowest BCUT2D eigenvalue weighted by atomic mass is 9.85. The van der Waals surface area contributed by atoms with E-state index in [0.717, 1.165) is 0 Å². The number of carbonyl (C=O) groups is 2. The second-order valence-corrected chi connectivity index (χ2v) is 6.41. The molecule has 2 atom stereocenters. The van der Waals surface area contributed by atoms with Gasteiger partial charge in [0.2, 0.25) is 0 Å². The minimum absolute atomic E-state index is 0.198. The smallest absolute Gasteiger partial charge is 0.257 e. The van der Waals surface area contributed by atoms with Crippen molar-refractivity contribution in [3.8, 4) is 0 Å². The average molecular weight is 346 g/mol. The molecule has 0 saturated heterocycles. The van der Waals surface area contributed by atoms with E-state index in [1.807, 2.05) is 60.7 Å². The molecule has 0 bridgehead atoms. The summed E-state index contributed by atoms with van der Waals surface area (Å²) in [5, 5.41) is 11.6. The van der Waals surface area contributed by atoms with Crippen LogP contribution in [0.2, 0.25) is 0 Å². The molecule has 2 aromatic carbocycles. The molecule has 0 radical (unpaired) electrons. The van der Waals surface area contributed by atoms with Crippen LogP contribution >= 0.6 is 0 Å². The van der Waals surface area contributed by atoms with Crippen LogP contribution < -0.4 is 10.0 Å². The van der Waals surface area contributed by atoms with Gasteiger partial charge < -0.3 is 0 Å². The molecular weight excluding hydrogens is 328 g/mol. The van der Waals surface area contributed by atoms with Crippen LogP contribution in [0, 0.1) is 11.8 Å². The molecule has 4 rings (SSSR count). The van der Waals surface area contributed by atoms with Crippen molar-refractivity contribution in [2.45, 2.75) is 13.8 Å². The molecule has 0 aromatic heterocycles. The summed E-state index contributed by atoms with van der Waals surface area (Å²) in [7, 11) is 0. The van der Waals surface area contributed by atoms with Crippen molar-refractivity contribution in [3.63, 3.8) is 0 Å². The number of hydrogen-bond donors (Lipinski definition) is 0. The number of benzene rings is 2. The zero-order valence-electron chi connectivity index (χ0n) is 14.5. The molecule has 6 nitrogen and oxygen atoms in total. The molecule has 0 unspecified atom stereocenters. The number of nitrogens with zero attached hydrogens (tertiary/aromatic N) is 4. The fraction of sp³-hybridized carbons (Fsp3) is 0.200. The van der Waals surface area contributed by atoms with Crippen LogP contribution in [0.1, 0.15) is 13.8 Å². The maximum atomic E-state index is 13.0. The number of hydrogen-bond acceptors (Lipinski definition) is 4. The quantitative estimate of drug-likeness (QED) is 0.857. The van der Waals surface area contributed by atoms with Gasteiger partial charge in [0.25, 0.3) is 11.8 Å². The molecule has 0 aliphatic carbocycles. The molecule has 2 amide bonds. The van der Waals surface area contributed by atoms with Gasteiger partial charge >= 0.3 is 0 Å². The van der Waals surface area contributed by atoms with Crippen LogP contribution in [-0.4, -0.2) is 23.2 Å². The van der Waals surface area contributed by atoms with Crippen LogP contribution in [0.4, 0.5) is 11.4 Å². The summed E-state index contributed by atoms with van der Waals surface area (Å²) >= 11 is 0. The number of hydrazone groups is 2. The summed E-state index contributed by atoms with van der Waals surface area (Å²) < 4.78 is 0. The summed E-state index contributed by atoms with van der Waals surface area (Å²) in [6.07, 6.45) is 0. The van der Waals surface area contributed by atoms with E-state index in [9.17, 15) is 9.59 Å². The van der Waals surface area contributed by atoms with Gasteiger partial charge in [-0.2, -0.15) is 10.2 Å². The van der Waals surface area contributed by atoms with E-state index in [1.165, 1.54) is 10.0 Å². The highest BCUT2D eigenvalue weighted by molar-refractivity contribution is 6.25. The first-order valence-electron chi connectivity index (χ1n) is 8.46. The molecule has 130 valence electrons. The fourth-order valence-corrected chi connectivity index (χ4v) is 3.44. The molecule has 2 aliphatic rings. The van der Waals surface area contributed by atoms with Gasteiger partial charge in [0, 0.05) is 11.4 Å². The third kappa shape index (κ3) is 2.50. The van der Waals surface area contributed by atoms with Gasteiger partial charge in [-0.25, -0.2) is 10.0 Å². The highest BCUT2D eigenvalue weighted by Gasteiger charge is 2.48. The van der Waals surface area contributed by atoms with Gasteiger partial charge in [-0.15, -0.1) is 0 Å². The number of anilines is 2. The Morgan fingerprint density at radius 1 is 0.654 bits per heavy atom. The second-order valence-electron chi connectivity index (χ2n) is 6.41. The maximum Gasteiger partial charge on any atom is 0.257 e. The number of carbonyl (C=O) groups excluding carboxylic acids is 2. The molecule has 0 N–H and O–H groups in total. The molecule has 6 heteroatoms. The largest absolute Gasteiger partial charge is 0.272 e. The van der Waals surface area contributed by atoms with Crippen molar-refractivity contribution in [2.75, 3.05) is 10.0 Å². The first-order chi connectivity index (χ1) is 12.6. The average Bonchev–Trinajstić information content (AvgIpc) is 3.12. The van der Waals surface area contributed by atoms with Crippen LogP contribution in [0.25, 0.3) is 0 Å². The van der Waals surface area contributed by atoms with Crippen LogP contribution in [0.3, 0.4) is 0 Å². The minimum Gasteiger partial charge on any atom is -0.272 e. The summed E-state index contributed by atoms with van der Waals surface area (Å²) in [6, 6.07) is 18.5. The molecule has 0 spiro atoms. The Kier molecular flexibility index (Phi) is 3.88. The van der Waals surface area contributed by atoms with Gasteiger partial charge in [-0.1, -0.05) is 36.4 Å². The molecule has 2 heterocycles. The van der Waals surface area contributed by atoms with E-state index in [0.29, 0.717) is 22.8 Å². The highest BCUT2D eigenvalue weighted by atomic mass is 16.2. The van der Waals surface area contributed by atoms with Gasteiger partial charge in [-0.3, -0.25) is 9.59 Å². The number of para-hydroxylation sites is 2. The zero-order valence-corrected chi connectivity index (χ0v) is 14.5. The molecule has 2 aliphatic heterocycles. The summed E-state index contributed by atoms with van der Waals surface area (Å²) in [5.74, 6) is -1.65. The maximum absolute atomic E-state index is 13.0. The Hall–Kier alpha value is -3.28. The predicted molar refractivity (Wildman–Crippen MR) is 101 cm³/mol. The molecule has 2 aromatic rings. The first-order valence-corrected chi connectivity index (χ1v) is 8.46. The summed E-state index contributed by atoms with van der Waals surface area (Å²) in [6.45, 7) is 3.58. The van der Waals surface area contributed by atoms with E-state index < -0.39 is 11.8 Å². The number of amides is 2. The van der Waals surface area contributed by atoms with Crippen molar-refractivity contribution in [1.82, 2.24) is 0 Å². The SMILES string of the molecule is CC1=NN(c2ccccc2)C(=O)[C@@H]1[C@H]1C(=O)N(c2ccccc2)N=C1C. The third-order valence-electron chi connectivity index (χ3n) is 4.70. The Morgan fingerprint density at radius 2 is 1.00 bits per heavy atom. The lowest BCUT2D eigenvalue weighted by Gasteiger charge is -2.19. The van der Waals surface area contributed by atoms with Crippen LogP contribution in [0.5, 0.6) is 0 Å². The Balaban J connectivity index is 1.64. The van der Waals surface area contributed by atoms with Crippen LogP contribution in [-0.2, 0) is 9.59 Å². The van der Waals surface area contributed by atoms with Crippen molar-refractivity contribution >= 4 is 34.6 Å². The Bertz CT molecular complexity index is 844. The molecule has 0 fully saturated rings. The summed E-state index contributed by atoms with van der Waals surface area (Å²) in [4.78, 5) is 26.0. The Labute approximate surface area is 151 Å². The summed E-state index contributed by atoms with van der Waals surface area (Å²) in [5.41, 5.74) is 2.64. The van der Waals surface area contributed by atoms with E-state index in [2.05, 4.69) is 10.2 Å². The minimum atomic E-state index is -0.625. The predicted octanol–water partition coefficient (Wildman–Crippen LogP) is 3.06. The third-order valence-corrected chi connectivity index (χ3v) is 4.70. The standard InChI is InChI=1S/C20H18N4O2/c1-13-17(19(25)23(21-13)15-9-5-3-6-10-15)18-14(2)22-24(20(18)26)16-11-7-4-8-12-16/h3-12,17-18H,1-2H3/t17-,18-/m0/s1. The molecule has 26 heavy (non-hydrogen) atoms. The van der Waals surface area contributed by atoms with Gasteiger partial charge in [0.15, 0.2) is 0 Å². The van der Waals surface area contributed by atoms with Crippen molar-refractivity contribution in [3.05, 3.63) is 60.7 Å². The van der Waals surface area contributed by atoms with Crippen molar-refractivity contribution in [1.29, 1.82) is 0 Å². The van der Waals surface area contributed by atoms with E-state index in [-0.39, 0.29) is 11.8 Å². The first kappa shape index (κ1) is 16.2. The van der Waals surface area contributed by atoms with E-state index >= 15 is 0 Å². The van der Waals surface area contributed by atoms with Gasteiger partial charge in [0.05, 0.1) is 23.2 Å². The van der Waals surface area contributed by atoms with E-state index in [4.69, 9.17) is 0 Å². The van der Waals surface area contributed by atoms with Crippen molar-refractivity contribution < 1.29 is 9.59 Å². The highest BCUT2D eigenvalue weighted by Crippen LogP contribution is 2.34. The lowest BCUT2D eigenvalue weighted by molar-refractivity contribution is -0.126. The second kappa shape index (κ2) is 6.22. The van der Waals surface area contributed by atoms with Crippen LogP contribution in [0.15, 0.2) is 70.9 Å². The van der Waals surface area contributed by atoms with E-state index in [1.54, 1.807) is 13.8 Å². The topological polar surface area (TPSA) is 65.3 Å². The Morgan fingerprint density at radius 3 is 1.35 bits per heavy atom. The molecule has 0 saturated carbocycles. The normalized spacial score (nSPS) is 22.7. The molecular formula is C20H18N4O2. The zero-order chi connectivity index (χ0) is 18.3. The lowest BCUT2D eigenvalue weighted by Crippen LogP contribution is -2.40. The monoisotopic (exact) mass is 346 g/mol. The van der Waals surface area contributed by atoms with Crippen molar-refractivity contribution in [2.24, 2.45) is 22.0 Å².